The van der Waals surface area contributed by atoms with E-state index in [0.29, 0.717) is 44.8 Å². The van der Waals surface area contributed by atoms with E-state index in [9.17, 15) is 36.2 Å². The minimum absolute atomic E-state index is 0.103. The van der Waals surface area contributed by atoms with Gasteiger partial charge in [-0.2, -0.15) is 26.3 Å². The quantitative estimate of drug-likeness (QED) is 0.370. The van der Waals surface area contributed by atoms with Crippen LogP contribution in [0.2, 0.25) is 0 Å². The van der Waals surface area contributed by atoms with Crippen molar-refractivity contribution in [1.82, 2.24) is 4.90 Å². The predicted octanol–water partition coefficient (Wildman–Crippen LogP) is 6.79. The van der Waals surface area contributed by atoms with Gasteiger partial charge >= 0.3 is 18.3 Å². The molecule has 4 rings (SSSR count). The van der Waals surface area contributed by atoms with Crippen LogP contribution in [0.4, 0.5) is 26.3 Å². The lowest BCUT2D eigenvalue weighted by molar-refractivity contribution is -0.152. The number of rotatable bonds is 7. The minimum atomic E-state index is -4.96. The van der Waals surface area contributed by atoms with E-state index in [4.69, 9.17) is 9.47 Å². The normalized spacial score (nSPS) is 27.4. The summed E-state index contributed by atoms with van der Waals surface area (Å²) in [7, 11) is 0. The highest BCUT2D eigenvalue weighted by molar-refractivity contribution is 5.74. The van der Waals surface area contributed by atoms with Crippen molar-refractivity contribution in [1.29, 1.82) is 0 Å². The van der Waals surface area contributed by atoms with Crippen molar-refractivity contribution in [3.05, 3.63) is 70.8 Å². The summed E-state index contributed by atoms with van der Waals surface area (Å²) in [6.07, 6.45) is -10.4. The van der Waals surface area contributed by atoms with Gasteiger partial charge in [0.15, 0.2) is 0 Å². The first-order valence-corrected chi connectivity index (χ1v) is 13.2. The molecular weight excluding hydrogens is 540 g/mol. The Kier molecular flexibility index (Phi) is 8.87. The number of hydrogen-bond donors (Lipinski definition) is 1. The average molecular weight is 574 g/mol. The third kappa shape index (κ3) is 6.98. The second-order valence-corrected chi connectivity index (χ2v) is 11.1. The third-order valence-electron chi connectivity index (χ3n) is 7.95. The predicted molar refractivity (Wildman–Crippen MR) is 135 cm³/mol. The Morgan fingerprint density at radius 2 is 1.70 bits per heavy atom. The first kappa shape index (κ1) is 30.3. The molecule has 0 amide bonds. The Balaban J connectivity index is 1.61. The van der Waals surface area contributed by atoms with Crippen molar-refractivity contribution in [2.75, 3.05) is 32.8 Å². The zero-order chi connectivity index (χ0) is 29.3. The van der Waals surface area contributed by atoms with Crippen LogP contribution in [0.1, 0.15) is 61.0 Å². The molecule has 1 N–H and O–H groups in total. The van der Waals surface area contributed by atoms with Gasteiger partial charge in [0.05, 0.1) is 42.0 Å². The summed E-state index contributed by atoms with van der Waals surface area (Å²) in [6, 6.07) is 10.9. The first-order valence-electron chi connectivity index (χ1n) is 13.2. The van der Waals surface area contributed by atoms with Crippen LogP contribution in [0.3, 0.4) is 0 Å². The zero-order valence-electron chi connectivity index (χ0n) is 22.3. The van der Waals surface area contributed by atoms with Crippen LogP contribution >= 0.6 is 0 Å². The fourth-order valence-corrected chi connectivity index (χ4v) is 5.86. The minimum Gasteiger partial charge on any atom is -0.481 e. The van der Waals surface area contributed by atoms with E-state index in [0.717, 1.165) is 12.0 Å². The summed E-state index contributed by atoms with van der Waals surface area (Å²) in [4.78, 5) is 14.0. The number of aliphatic carboxylic acids is 1. The molecule has 11 heteroatoms. The molecule has 2 saturated heterocycles. The summed E-state index contributed by atoms with van der Waals surface area (Å²) in [6.45, 7) is 5.22. The molecule has 2 aliphatic heterocycles. The van der Waals surface area contributed by atoms with Crippen LogP contribution in [0, 0.1) is 11.3 Å². The van der Waals surface area contributed by atoms with E-state index in [1.54, 1.807) is 6.92 Å². The van der Waals surface area contributed by atoms with E-state index in [1.165, 1.54) is 6.92 Å². The van der Waals surface area contributed by atoms with E-state index in [1.807, 2.05) is 30.3 Å². The second-order valence-electron chi connectivity index (χ2n) is 11.1. The van der Waals surface area contributed by atoms with Crippen molar-refractivity contribution in [3.63, 3.8) is 0 Å². The van der Waals surface area contributed by atoms with Gasteiger partial charge in [0, 0.05) is 24.9 Å². The van der Waals surface area contributed by atoms with Gasteiger partial charge < -0.3 is 19.5 Å². The number of carbonyl (C=O) groups is 1. The standard InChI is InChI=1S/C29H33F6NO4/c1-18(20-11-22(28(30,31)32)13-23(12-20)29(33,34)35)40-24-16-39-15-21(25(24)19-7-4-3-5-8-19)14-36-10-6-9-27(2,17-36)26(37)38/h3-5,7-8,11-13,18,21,24-25H,6,9-10,14-17H2,1-2H3,(H,37,38)/t18-,21-,24-,25-,27-/m1/s1. The molecular formula is C29H33F6NO4. The van der Waals surface area contributed by atoms with Crippen molar-refractivity contribution < 1.29 is 45.7 Å². The van der Waals surface area contributed by atoms with E-state index >= 15 is 0 Å². The van der Waals surface area contributed by atoms with Crippen LogP contribution in [-0.2, 0) is 26.6 Å². The van der Waals surface area contributed by atoms with Crippen molar-refractivity contribution in [2.24, 2.45) is 11.3 Å². The van der Waals surface area contributed by atoms with E-state index in [-0.39, 0.29) is 30.1 Å². The number of halogens is 6. The highest BCUT2D eigenvalue weighted by Gasteiger charge is 2.43. The summed E-state index contributed by atoms with van der Waals surface area (Å²) in [5.74, 6) is -1.27. The topological polar surface area (TPSA) is 59.0 Å². The molecule has 5 atom stereocenters. The number of carboxylic acids is 1. The van der Waals surface area contributed by atoms with Gasteiger partial charge in [-0.3, -0.25) is 4.79 Å². The lowest BCUT2D eigenvalue weighted by Gasteiger charge is -2.44. The molecule has 2 aromatic carbocycles. The molecule has 0 saturated carbocycles. The van der Waals surface area contributed by atoms with Crippen LogP contribution in [0.15, 0.2) is 48.5 Å². The molecule has 0 spiro atoms. The Morgan fingerprint density at radius 3 is 2.27 bits per heavy atom. The molecule has 0 radical (unpaired) electrons. The van der Waals surface area contributed by atoms with Crippen molar-refractivity contribution >= 4 is 5.97 Å². The molecule has 2 heterocycles. The molecule has 0 bridgehead atoms. The molecule has 2 aromatic rings. The maximum atomic E-state index is 13.5. The fraction of sp³-hybridized carbons (Fsp3) is 0.552. The largest absolute Gasteiger partial charge is 0.481 e. The number of likely N-dealkylation sites (tertiary alicyclic amines) is 1. The van der Waals surface area contributed by atoms with Crippen molar-refractivity contribution in [2.45, 2.75) is 57.2 Å². The molecule has 2 fully saturated rings. The van der Waals surface area contributed by atoms with Gasteiger partial charge in [-0.05, 0) is 62.6 Å². The molecule has 2 aliphatic rings. The zero-order valence-corrected chi connectivity index (χ0v) is 22.3. The molecule has 5 nitrogen and oxygen atoms in total. The average Bonchev–Trinajstić information content (AvgIpc) is 2.88. The Morgan fingerprint density at radius 1 is 1.07 bits per heavy atom. The van der Waals surface area contributed by atoms with Gasteiger partial charge in [-0.1, -0.05) is 30.3 Å². The summed E-state index contributed by atoms with van der Waals surface area (Å²) >= 11 is 0. The van der Waals surface area contributed by atoms with Gasteiger partial charge in [0.2, 0.25) is 0 Å². The van der Waals surface area contributed by atoms with Gasteiger partial charge in [0.1, 0.15) is 0 Å². The lowest BCUT2D eigenvalue weighted by Crippen LogP contribution is -2.50. The SMILES string of the molecule is C[C@@H](O[C@@H]1COC[C@@H](CN2CCC[C@@](C)(C(=O)O)C2)[C@H]1c1ccccc1)c1cc(C(F)(F)F)cc(C(F)(F)F)c1. The number of alkyl halides is 6. The Hall–Kier alpha value is -2.63. The maximum Gasteiger partial charge on any atom is 0.416 e. The number of piperidine rings is 1. The van der Waals surface area contributed by atoms with Crippen molar-refractivity contribution in [3.8, 4) is 0 Å². The Labute approximate surface area is 229 Å². The third-order valence-corrected chi connectivity index (χ3v) is 7.95. The number of hydrogen-bond acceptors (Lipinski definition) is 4. The lowest BCUT2D eigenvalue weighted by atomic mass is 9.78. The number of benzene rings is 2. The monoisotopic (exact) mass is 573 g/mol. The van der Waals surface area contributed by atoms with Crippen LogP contribution < -0.4 is 0 Å². The van der Waals surface area contributed by atoms with Crippen LogP contribution in [0.25, 0.3) is 0 Å². The first-order chi connectivity index (χ1) is 18.7. The molecule has 0 aromatic heterocycles. The Bertz CT molecular complexity index is 1140. The van der Waals surface area contributed by atoms with E-state index < -0.39 is 47.1 Å². The van der Waals surface area contributed by atoms with Gasteiger partial charge in [0.25, 0.3) is 0 Å². The molecule has 220 valence electrons. The second kappa shape index (κ2) is 11.7. The molecule has 40 heavy (non-hydrogen) atoms. The number of carboxylic acid groups (broad SMARTS) is 1. The highest BCUT2D eigenvalue weighted by atomic mass is 19.4. The maximum absolute atomic E-state index is 13.5. The van der Waals surface area contributed by atoms with Gasteiger partial charge in [-0.15, -0.1) is 0 Å². The smallest absolute Gasteiger partial charge is 0.416 e. The number of ether oxygens (including phenoxy) is 2. The molecule has 0 unspecified atom stereocenters. The van der Waals surface area contributed by atoms with E-state index in [2.05, 4.69) is 4.90 Å². The van der Waals surface area contributed by atoms with Crippen LogP contribution in [0.5, 0.6) is 0 Å². The fourth-order valence-electron chi connectivity index (χ4n) is 5.86. The van der Waals surface area contributed by atoms with Crippen LogP contribution in [-0.4, -0.2) is 54.9 Å². The summed E-state index contributed by atoms with van der Waals surface area (Å²) < 4.78 is 92.8. The highest BCUT2D eigenvalue weighted by Crippen LogP contribution is 2.41. The van der Waals surface area contributed by atoms with Gasteiger partial charge in [-0.25, -0.2) is 0 Å². The summed E-state index contributed by atoms with van der Waals surface area (Å²) in [5, 5.41) is 9.73. The number of nitrogens with zero attached hydrogens (tertiary/aromatic N) is 1. The summed E-state index contributed by atoms with van der Waals surface area (Å²) in [5.41, 5.74) is -2.98. The molecule has 0 aliphatic carbocycles.